The molecule has 1 aromatic heterocycles. The van der Waals surface area contributed by atoms with Gasteiger partial charge in [0, 0.05) is 13.6 Å². The van der Waals surface area contributed by atoms with Crippen molar-refractivity contribution < 1.29 is 4.74 Å². The summed E-state index contributed by atoms with van der Waals surface area (Å²) in [6.07, 6.45) is 3.11. The highest BCUT2D eigenvalue weighted by atomic mass is 35.5. The van der Waals surface area contributed by atoms with Gasteiger partial charge in [-0.1, -0.05) is 18.5 Å². The number of hydrogen-bond donors (Lipinski definition) is 1. The van der Waals surface area contributed by atoms with Crippen LogP contribution in [0.15, 0.2) is 0 Å². The first kappa shape index (κ1) is 13.8. The fourth-order valence-electron chi connectivity index (χ4n) is 2.37. The quantitative estimate of drug-likeness (QED) is 0.913. The van der Waals surface area contributed by atoms with E-state index in [0.717, 1.165) is 48.8 Å². The molecule has 0 aromatic carbocycles. The maximum atomic E-state index is 6.31. The molecule has 0 spiro atoms. The highest BCUT2D eigenvalue weighted by Gasteiger charge is 2.28. The van der Waals surface area contributed by atoms with Gasteiger partial charge in [0.15, 0.2) is 0 Å². The van der Waals surface area contributed by atoms with Crippen molar-refractivity contribution in [1.29, 1.82) is 0 Å². The SMILES string of the molecule is CCc1nn(C)c(COC2(C)CCCNC2)c1Cl. The van der Waals surface area contributed by atoms with Crippen LogP contribution in [0.5, 0.6) is 0 Å². The summed E-state index contributed by atoms with van der Waals surface area (Å²) < 4.78 is 7.90. The van der Waals surface area contributed by atoms with E-state index >= 15 is 0 Å². The smallest absolute Gasteiger partial charge is 0.0908 e. The topological polar surface area (TPSA) is 39.1 Å². The molecule has 1 aliphatic rings. The van der Waals surface area contributed by atoms with Crippen molar-refractivity contribution in [2.75, 3.05) is 13.1 Å². The first-order valence-electron chi connectivity index (χ1n) is 6.60. The molecule has 4 nitrogen and oxygen atoms in total. The third-order valence-electron chi connectivity index (χ3n) is 3.62. The van der Waals surface area contributed by atoms with Gasteiger partial charge in [-0.05, 0) is 32.7 Å². The predicted molar refractivity (Wildman–Crippen MR) is 72.9 cm³/mol. The highest BCUT2D eigenvalue weighted by molar-refractivity contribution is 6.31. The maximum absolute atomic E-state index is 6.31. The number of halogens is 1. The van der Waals surface area contributed by atoms with E-state index in [2.05, 4.69) is 24.3 Å². The van der Waals surface area contributed by atoms with Crippen LogP contribution < -0.4 is 5.32 Å². The average molecular weight is 272 g/mol. The molecular weight excluding hydrogens is 250 g/mol. The summed E-state index contributed by atoms with van der Waals surface area (Å²) in [4.78, 5) is 0. The van der Waals surface area contributed by atoms with Crippen LogP contribution in [-0.4, -0.2) is 28.5 Å². The number of hydrogen-bond acceptors (Lipinski definition) is 3. The molecule has 0 aliphatic carbocycles. The third kappa shape index (κ3) is 2.87. The lowest BCUT2D eigenvalue weighted by molar-refractivity contribution is -0.0592. The van der Waals surface area contributed by atoms with Gasteiger partial charge in [-0.2, -0.15) is 5.10 Å². The Hall–Kier alpha value is -0.580. The first-order valence-corrected chi connectivity index (χ1v) is 6.98. The van der Waals surface area contributed by atoms with E-state index in [9.17, 15) is 0 Å². The van der Waals surface area contributed by atoms with Crippen LogP contribution in [0.1, 0.15) is 38.1 Å². The number of rotatable bonds is 4. The summed E-state index contributed by atoms with van der Waals surface area (Å²) in [5.74, 6) is 0. The van der Waals surface area contributed by atoms with Crippen molar-refractivity contribution in [2.45, 2.75) is 45.3 Å². The van der Waals surface area contributed by atoms with E-state index in [1.54, 1.807) is 0 Å². The summed E-state index contributed by atoms with van der Waals surface area (Å²) in [6.45, 7) is 6.74. The van der Waals surface area contributed by atoms with Crippen LogP contribution in [0, 0.1) is 0 Å². The number of aryl methyl sites for hydroxylation is 2. The molecule has 2 heterocycles. The second kappa shape index (κ2) is 5.59. The first-order chi connectivity index (χ1) is 8.56. The average Bonchev–Trinajstić information content (AvgIpc) is 2.63. The number of nitrogens with one attached hydrogen (secondary N) is 1. The van der Waals surface area contributed by atoms with Gasteiger partial charge >= 0.3 is 0 Å². The Kier molecular flexibility index (Phi) is 4.30. The lowest BCUT2D eigenvalue weighted by Gasteiger charge is -2.34. The molecule has 18 heavy (non-hydrogen) atoms. The van der Waals surface area contributed by atoms with E-state index in [0.29, 0.717) is 6.61 Å². The minimum Gasteiger partial charge on any atom is -0.368 e. The van der Waals surface area contributed by atoms with Crippen LogP contribution in [0.2, 0.25) is 5.02 Å². The molecule has 102 valence electrons. The standard InChI is InChI=1S/C13H22ClN3O/c1-4-10-12(14)11(17(3)16-10)8-18-13(2)6-5-7-15-9-13/h15H,4-9H2,1-3H3. The molecule has 0 radical (unpaired) electrons. The zero-order valence-electron chi connectivity index (χ0n) is 11.4. The zero-order chi connectivity index (χ0) is 13.2. The monoisotopic (exact) mass is 271 g/mol. The lowest BCUT2D eigenvalue weighted by Crippen LogP contribution is -2.45. The molecule has 1 aromatic rings. The number of piperidine rings is 1. The Labute approximate surface area is 114 Å². The summed E-state index contributed by atoms with van der Waals surface area (Å²) in [5.41, 5.74) is 1.84. The van der Waals surface area contributed by atoms with E-state index in [-0.39, 0.29) is 5.60 Å². The maximum Gasteiger partial charge on any atom is 0.0908 e. The Morgan fingerprint density at radius 1 is 1.56 bits per heavy atom. The van der Waals surface area contributed by atoms with Gasteiger partial charge in [0.1, 0.15) is 0 Å². The molecule has 0 bridgehead atoms. The van der Waals surface area contributed by atoms with Crippen LogP contribution >= 0.6 is 11.6 Å². The van der Waals surface area contributed by atoms with Crippen molar-refractivity contribution in [3.8, 4) is 0 Å². The molecular formula is C13H22ClN3O. The lowest BCUT2D eigenvalue weighted by atomic mass is 9.96. The Bertz CT molecular complexity index is 411. The summed E-state index contributed by atoms with van der Waals surface area (Å²) in [5, 5.41) is 8.54. The van der Waals surface area contributed by atoms with Crippen LogP contribution in [-0.2, 0) is 24.8 Å². The minimum absolute atomic E-state index is 0.0851. The Balaban J connectivity index is 2.03. The van der Waals surface area contributed by atoms with Gasteiger partial charge in [-0.15, -0.1) is 0 Å². The Morgan fingerprint density at radius 2 is 2.33 bits per heavy atom. The molecule has 2 rings (SSSR count). The van der Waals surface area contributed by atoms with Gasteiger partial charge < -0.3 is 10.1 Å². The largest absolute Gasteiger partial charge is 0.368 e. The number of ether oxygens (including phenoxy) is 1. The second-order valence-electron chi connectivity index (χ2n) is 5.20. The predicted octanol–water partition coefficient (Wildman–Crippen LogP) is 2.29. The van der Waals surface area contributed by atoms with Crippen molar-refractivity contribution >= 4 is 11.6 Å². The fraction of sp³-hybridized carbons (Fsp3) is 0.769. The van der Waals surface area contributed by atoms with E-state index < -0.39 is 0 Å². The van der Waals surface area contributed by atoms with E-state index in [4.69, 9.17) is 16.3 Å². The van der Waals surface area contributed by atoms with Gasteiger partial charge in [0.25, 0.3) is 0 Å². The molecule has 0 amide bonds. The Morgan fingerprint density at radius 3 is 2.89 bits per heavy atom. The van der Waals surface area contributed by atoms with Crippen molar-refractivity contribution in [2.24, 2.45) is 7.05 Å². The highest BCUT2D eigenvalue weighted by Crippen LogP contribution is 2.26. The zero-order valence-corrected chi connectivity index (χ0v) is 12.2. The summed E-state index contributed by atoms with van der Waals surface area (Å²) >= 11 is 6.31. The van der Waals surface area contributed by atoms with Gasteiger partial charge in [-0.3, -0.25) is 4.68 Å². The normalized spacial score (nSPS) is 24.4. The van der Waals surface area contributed by atoms with Crippen molar-refractivity contribution in [3.05, 3.63) is 16.4 Å². The third-order valence-corrected chi connectivity index (χ3v) is 4.05. The summed E-state index contributed by atoms with van der Waals surface area (Å²) in [7, 11) is 1.92. The van der Waals surface area contributed by atoms with Gasteiger partial charge in [-0.25, -0.2) is 0 Å². The second-order valence-corrected chi connectivity index (χ2v) is 5.58. The van der Waals surface area contributed by atoms with Crippen LogP contribution in [0.3, 0.4) is 0 Å². The van der Waals surface area contributed by atoms with Crippen LogP contribution in [0.4, 0.5) is 0 Å². The molecule has 1 saturated heterocycles. The molecule has 1 unspecified atom stereocenters. The summed E-state index contributed by atoms with van der Waals surface area (Å²) in [6, 6.07) is 0. The molecule has 0 saturated carbocycles. The van der Waals surface area contributed by atoms with Crippen molar-refractivity contribution in [1.82, 2.24) is 15.1 Å². The fourth-order valence-corrected chi connectivity index (χ4v) is 2.72. The molecule has 1 atom stereocenters. The van der Waals surface area contributed by atoms with Gasteiger partial charge in [0.05, 0.1) is 28.6 Å². The molecule has 1 N–H and O–H groups in total. The number of nitrogens with zero attached hydrogens (tertiary/aromatic N) is 2. The van der Waals surface area contributed by atoms with Crippen LogP contribution in [0.25, 0.3) is 0 Å². The molecule has 1 fully saturated rings. The number of aromatic nitrogens is 2. The van der Waals surface area contributed by atoms with E-state index in [1.165, 1.54) is 0 Å². The molecule has 1 aliphatic heterocycles. The minimum atomic E-state index is -0.0851. The van der Waals surface area contributed by atoms with Crippen molar-refractivity contribution in [3.63, 3.8) is 0 Å². The molecule has 5 heteroatoms. The van der Waals surface area contributed by atoms with E-state index in [1.807, 2.05) is 11.7 Å². The van der Waals surface area contributed by atoms with Gasteiger partial charge in [0.2, 0.25) is 0 Å².